The first kappa shape index (κ1) is 25.2. The summed E-state index contributed by atoms with van der Waals surface area (Å²) in [6, 6.07) is 2.79. The molecule has 1 aromatic carbocycles. The van der Waals surface area contributed by atoms with Gasteiger partial charge in [-0.3, -0.25) is 0 Å². The summed E-state index contributed by atoms with van der Waals surface area (Å²) in [6.07, 6.45) is -5.62. The monoisotopic (exact) mass is 484 g/mol. The van der Waals surface area contributed by atoms with Crippen LogP contribution in [0.25, 0.3) is 0 Å². The Morgan fingerprint density at radius 1 is 0.966 bits per heavy atom. The normalized spacial score (nSPS) is 12.5. The van der Waals surface area contributed by atoms with Crippen LogP contribution in [0.4, 0.5) is 18.0 Å². The van der Waals surface area contributed by atoms with Crippen molar-refractivity contribution in [3.8, 4) is 5.75 Å². The number of halogens is 4. The number of carbonyl (C=O) groups is 2. The fraction of sp³-hybridized carbons (Fsp3) is 0.579. The molecule has 0 saturated carbocycles. The molecule has 0 saturated heterocycles. The molecule has 0 bridgehead atoms. The van der Waals surface area contributed by atoms with Crippen molar-refractivity contribution >= 4 is 28.1 Å². The Balaban J connectivity index is 3.31. The number of benzene rings is 1. The second-order valence-corrected chi connectivity index (χ2v) is 8.94. The Labute approximate surface area is 175 Å². The summed E-state index contributed by atoms with van der Waals surface area (Å²) in [5.74, 6) is -1.12. The van der Waals surface area contributed by atoms with E-state index >= 15 is 0 Å². The average molecular weight is 485 g/mol. The average Bonchev–Trinajstić information content (AvgIpc) is 2.45. The van der Waals surface area contributed by atoms with Crippen LogP contribution in [0.2, 0.25) is 0 Å². The molecule has 0 heterocycles. The van der Waals surface area contributed by atoms with E-state index in [1.165, 1.54) is 12.1 Å². The Hall–Kier alpha value is -1.81. The Kier molecular flexibility index (Phi) is 8.12. The van der Waals surface area contributed by atoms with Crippen LogP contribution in [-0.2, 0) is 20.8 Å². The summed E-state index contributed by atoms with van der Waals surface area (Å²) in [4.78, 5) is 24.8. The van der Waals surface area contributed by atoms with E-state index in [0.29, 0.717) is 0 Å². The van der Waals surface area contributed by atoms with E-state index < -0.39 is 42.7 Å². The maximum Gasteiger partial charge on any atom is 0.514 e. The van der Waals surface area contributed by atoms with Crippen LogP contribution in [0.3, 0.4) is 0 Å². The highest BCUT2D eigenvalue weighted by Crippen LogP contribution is 2.34. The summed E-state index contributed by atoms with van der Waals surface area (Å²) >= 11 is 3.18. The van der Waals surface area contributed by atoms with Gasteiger partial charge in [-0.05, 0) is 69.1 Å². The van der Waals surface area contributed by atoms with Gasteiger partial charge in [-0.2, -0.15) is 13.2 Å². The summed E-state index contributed by atoms with van der Waals surface area (Å²) < 4.78 is 57.7. The van der Waals surface area contributed by atoms with Crippen molar-refractivity contribution in [2.45, 2.75) is 65.5 Å². The maximum atomic E-state index is 12.7. The quantitative estimate of drug-likeness (QED) is 0.388. The van der Waals surface area contributed by atoms with Crippen molar-refractivity contribution in [1.82, 2.24) is 0 Å². The lowest BCUT2D eigenvalue weighted by Crippen LogP contribution is -2.28. The van der Waals surface area contributed by atoms with Gasteiger partial charge in [0.05, 0.1) is 11.1 Å². The lowest BCUT2D eigenvalue weighted by atomic mass is 10.1. The van der Waals surface area contributed by atoms with E-state index in [0.717, 1.165) is 0 Å². The largest absolute Gasteiger partial charge is 0.514 e. The summed E-state index contributed by atoms with van der Waals surface area (Å²) in [5.41, 5.74) is -1.93. The first-order chi connectivity index (χ1) is 13.0. The van der Waals surface area contributed by atoms with Crippen molar-refractivity contribution in [1.29, 1.82) is 0 Å². The fourth-order valence-electron chi connectivity index (χ4n) is 2.00. The fourth-order valence-corrected chi connectivity index (χ4v) is 2.41. The molecule has 0 amide bonds. The van der Waals surface area contributed by atoms with Gasteiger partial charge in [0.25, 0.3) is 0 Å². The third-order valence-corrected chi connectivity index (χ3v) is 3.52. The van der Waals surface area contributed by atoms with Crippen LogP contribution >= 0.6 is 15.9 Å². The van der Waals surface area contributed by atoms with Gasteiger partial charge in [-0.15, -0.1) is 0 Å². The molecule has 0 atom stereocenters. The Bertz CT molecular complexity index is 748. The van der Waals surface area contributed by atoms with Crippen molar-refractivity contribution in [3.05, 3.63) is 27.7 Å². The maximum absolute atomic E-state index is 12.7. The van der Waals surface area contributed by atoms with Crippen LogP contribution in [0, 0.1) is 0 Å². The molecular formula is C19H24BrF3O6. The van der Waals surface area contributed by atoms with E-state index in [-0.39, 0.29) is 21.3 Å². The molecule has 0 aliphatic carbocycles. The van der Waals surface area contributed by atoms with Gasteiger partial charge in [0.15, 0.2) is 5.75 Å². The van der Waals surface area contributed by atoms with E-state index in [1.54, 1.807) is 41.5 Å². The van der Waals surface area contributed by atoms with Gasteiger partial charge in [-0.25, -0.2) is 9.59 Å². The minimum absolute atomic E-state index is 0.0604. The molecule has 164 valence electrons. The van der Waals surface area contributed by atoms with Crippen LogP contribution in [0.5, 0.6) is 5.75 Å². The highest BCUT2D eigenvalue weighted by molar-refractivity contribution is 9.10. The third-order valence-electron chi connectivity index (χ3n) is 2.90. The molecule has 10 heteroatoms. The number of hydrogen-bond donors (Lipinski definition) is 0. The summed E-state index contributed by atoms with van der Waals surface area (Å²) in [5, 5.41) is 0. The molecule has 0 aliphatic rings. The summed E-state index contributed by atoms with van der Waals surface area (Å²) in [7, 11) is 0. The van der Waals surface area contributed by atoms with E-state index in [4.69, 9.17) is 14.2 Å². The van der Waals surface area contributed by atoms with Gasteiger partial charge < -0.3 is 18.9 Å². The molecule has 1 aromatic rings. The predicted octanol–water partition coefficient (Wildman–Crippen LogP) is 5.80. The molecule has 0 N–H and O–H groups in total. The Morgan fingerprint density at radius 2 is 1.52 bits per heavy atom. The predicted molar refractivity (Wildman–Crippen MR) is 102 cm³/mol. The molecule has 0 spiro atoms. The molecule has 0 unspecified atom stereocenters. The number of carbonyl (C=O) groups excluding carboxylic acids is 2. The second kappa shape index (κ2) is 9.34. The van der Waals surface area contributed by atoms with Gasteiger partial charge in [0, 0.05) is 0 Å². The standard InChI is InChI=1S/C19H24BrF3O6/c1-17(2,3)28-15(24)13-11(9-26-10-19(21,22)23)7-8-12(20)14(13)27-16(25)29-18(4,5)6/h7-8H,9-10H2,1-6H3. The van der Waals surface area contributed by atoms with Gasteiger partial charge in [0.1, 0.15) is 23.4 Å². The minimum Gasteiger partial charge on any atom is -0.456 e. The zero-order valence-electron chi connectivity index (χ0n) is 17.0. The number of rotatable bonds is 5. The third kappa shape index (κ3) is 9.49. The zero-order chi connectivity index (χ0) is 22.6. The van der Waals surface area contributed by atoms with Crippen molar-refractivity contribution in [2.24, 2.45) is 0 Å². The number of esters is 1. The van der Waals surface area contributed by atoms with Crippen molar-refractivity contribution < 1.29 is 41.7 Å². The van der Waals surface area contributed by atoms with Crippen LogP contribution in [0.15, 0.2) is 16.6 Å². The molecule has 0 fully saturated rings. The lowest BCUT2D eigenvalue weighted by Gasteiger charge is -2.23. The lowest BCUT2D eigenvalue weighted by molar-refractivity contribution is -0.176. The van der Waals surface area contributed by atoms with Gasteiger partial charge >= 0.3 is 18.3 Å². The minimum atomic E-state index is -4.53. The topological polar surface area (TPSA) is 71.1 Å². The van der Waals surface area contributed by atoms with Gasteiger partial charge in [-0.1, -0.05) is 6.07 Å². The van der Waals surface area contributed by atoms with Crippen LogP contribution in [-0.4, -0.2) is 36.1 Å². The highest BCUT2D eigenvalue weighted by Gasteiger charge is 2.31. The molecule has 0 radical (unpaired) electrons. The number of alkyl halides is 3. The van der Waals surface area contributed by atoms with Crippen molar-refractivity contribution in [3.63, 3.8) is 0 Å². The SMILES string of the molecule is CC(C)(C)OC(=O)Oc1c(Br)ccc(COCC(F)(F)F)c1C(=O)OC(C)(C)C. The first-order valence-corrected chi connectivity index (χ1v) is 9.38. The molecule has 0 aliphatic heterocycles. The van der Waals surface area contributed by atoms with Gasteiger partial charge in [0.2, 0.25) is 0 Å². The number of ether oxygens (including phenoxy) is 4. The Morgan fingerprint density at radius 3 is 2.00 bits per heavy atom. The second-order valence-electron chi connectivity index (χ2n) is 8.09. The van der Waals surface area contributed by atoms with Crippen molar-refractivity contribution in [2.75, 3.05) is 6.61 Å². The molecule has 6 nitrogen and oxygen atoms in total. The molecule has 0 aromatic heterocycles. The first-order valence-electron chi connectivity index (χ1n) is 8.58. The van der Waals surface area contributed by atoms with E-state index in [1.807, 2.05) is 0 Å². The zero-order valence-corrected chi connectivity index (χ0v) is 18.6. The molecular weight excluding hydrogens is 461 g/mol. The molecule has 1 rings (SSSR count). The molecule has 29 heavy (non-hydrogen) atoms. The number of hydrogen-bond acceptors (Lipinski definition) is 6. The van der Waals surface area contributed by atoms with Crippen LogP contribution in [0.1, 0.15) is 57.5 Å². The van der Waals surface area contributed by atoms with E-state index in [2.05, 4.69) is 20.7 Å². The van der Waals surface area contributed by atoms with E-state index in [9.17, 15) is 22.8 Å². The highest BCUT2D eigenvalue weighted by atomic mass is 79.9. The summed E-state index contributed by atoms with van der Waals surface area (Å²) in [6.45, 7) is 7.69. The van der Waals surface area contributed by atoms with Crippen LogP contribution < -0.4 is 4.74 Å². The smallest absolute Gasteiger partial charge is 0.456 e.